The van der Waals surface area contributed by atoms with Crippen molar-refractivity contribution in [3.05, 3.63) is 35.7 Å². The minimum absolute atomic E-state index is 0.485. The highest BCUT2D eigenvalue weighted by atomic mass is 14.9. The zero-order chi connectivity index (χ0) is 15.2. The molecule has 0 radical (unpaired) electrons. The van der Waals surface area contributed by atoms with Crippen molar-refractivity contribution < 1.29 is 0 Å². The van der Waals surface area contributed by atoms with Gasteiger partial charge in [-0.05, 0) is 44.4 Å². The molecule has 0 amide bonds. The van der Waals surface area contributed by atoms with Gasteiger partial charge in [-0.2, -0.15) is 0 Å². The molecule has 1 aromatic carbocycles. The molecule has 0 bridgehead atoms. The van der Waals surface area contributed by atoms with E-state index in [0.29, 0.717) is 12.0 Å². The first-order valence-electron chi connectivity index (χ1n) is 8.05. The first-order valence-corrected chi connectivity index (χ1v) is 8.05. The number of para-hydroxylation sites is 2. The number of fused-ring (bicyclic) bond motifs is 1. The van der Waals surface area contributed by atoms with E-state index in [4.69, 9.17) is 9.97 Å². The molecule has 0 aliphatic rings. The van der Waals surface area contributed by atoms with Gasteiger partial charge in [0.1, 0.15) is 0 Å². The molecule has 0 aliphatic carbocycles. The van der Waals surface area contributed by atoms with E-state index in [2.05, 4.69) is 33.0 Å². The Balaban J connectivity index is 2.20. The molecule has 0 fully saturated rings. The third-order valence-corrected chi connectivity index (χ3v) is 3.72. The van der Waals surface area contributed by atoms with Gasteiger partial charge in [0.15, 0.2) is 0 Å². The van der Waals surface area contributed by atoms with Gasteiger partial charge in [-0.15, -0.1) is 0 Å². The first kappa shape index (κ1) is 15.9. The molecule has 0 saturated heterocycles. The number of aryl methyl sites for hydroxylation is 1. The normalized spacial score (nSPS) is 13.0. The highest BCUT2D eigenvalue weighted by Gasteiger charge is 2.14. The van der Waals surface area contributed by atoms with Gasteiger partial charge >= 0.3 is 0 Å². The van der Waals surface area contributed by atoms with Crippen LogP contribution < -0.4 is 5.32 Å². The van der Waals surface area contributed by atoms with Crippen molar-refractivity contribution in [2.75, 3.05) is 6.54 Å². The summed E-state index contributed by atoms with van der Waals surface area (Å²) >= 11 is 0. The number of aromatic nitrogens is 2. The monoisotopic (exact) mass is 285 g/mol. The Morgan fingerprint density at radius 1 is 1.10 bits per heavy atom. The predicted octanol–water partition coefficient (Wildman–Crippen LogP) is 3.90. The van der Waals surface area contributed by atoms with Gasteiger partial charge in [0.05, 0.1) is 22.4 Å². The van der Waals surface area contributed by atoms with Crippen LogP contribution in [-0.2, 0) is 6.42 Å². The lowest BCUT2D eigenvalue weighted by atomic mass is 9.98. The fraction of sp³-hybridized carbons (Fsp3) is 0.556. The number of hydrogen-bond donors (Lipinski definition) is 1. The molecule has 1 atom stereocenters. The van der Waals surface area contributed by atoms with Crippen LogP contribution in [0.3, 0.4) is 0 Å². The zero-order valence-electron chi connectivity index (χ0n) is 13.7. The molecule has 3 nitrogen and oxygen atoms in total. The quantitative estimate of drug-likeness (QED) is 0.838. The average molecular weight is 285 g/mol. The van der Waals surface area contributed by atoms with Gasteiger partial charge in [0.25, 0.3) is 0 Å². The number of benzene rings is 1. The Kier molecular flexibility index (Phi) is 5.68. The van der Waals surface area contributed by atoms with Crippen LogP contribution >= 0.6 is 0 Å². The minimum atomic E-state index is 0.485. The van der Waals surface area contributed by atoms with Crippen LogP contribution in [0.4, 0.5) is 0 Å². The SMILES string of the molecule is CCCNC(Cc1nc2ccccc2nc1C)CC(C)C. The maximum Gasteiger partial charge on any atom is 0.0890 e. The standard InChI is InChI=1S/C18H27N3/c1-5-10-19-15(11-13(2)3)12-18-14(4)20-16-8-6-7-9-17(16)21-18/h6-9,13,15,19H,5,10-12H2,1-4H3. The van der Waals surface area contributed by atoms with Crippen molar-refractivity contribution in [1.29, 1.82) is 0 Å². The summed E-state index contributed by atoms with van der Waals surface area (Å²) in [7, 11) is 0. The minimum Gasteiger partial charge on any atom is -0.314 e. The van der Waals surface area contributed by atoms with Crippen molar-refractivity contribution in [3.8, 4) is 0 Å². The fourth-order valence-electron chi connectivity index (χ4n) is 2.71. The van der Waals surface area contributed by atoms with Gasteiger partial charge in [-0.3, -0.25) is 0 Å². The van der Waals surface area contributed by atoms with E-state index in [9.17, 15) is 0 Å². The maximum absolute atomic E-state index is 4.83. The van der Waals surface area contributed by atoms with Crippen molar-refractivity contribution in [2.24, 2.45) is 5.92 Å². The Morgan fingerprint density at radius 2 is 1.76 bits per heavy atom. The summed E-state index contributed by atoms with van der Waals surface area (Å²) in [5, 5.41) is 3.66. The second-order valence-corrected chi connectivity index (χ2v) is 6.23. The lowest BCUT2D eigenvalue weighted by molar-refractivity contribution is 0.413. The van der Waals surface area contributed by atoms with Gasteiger partial charge in [-0.25, -0.2) is 9.97 Å². The van der Waals surface area contributed by atoms with Crippen LogP contribution in [0.1, 0.15) is 45.0 Å². The van der Waals surface area contributed by atoms with E-state index in [1.165, 1.54) is 6.42 Å². The largest absolute Gasteiger partial charge is 0.314 e. The smallest absolute Gasteiger partial charge is 0.0890 e. The highest BCUT2D eigenvalue weighted by molar-refractivity contribution is 5.74. The van der Waals surface area contributed by atoms with Crippen molar-refractivity contribution in [1.82, 2.24) is 15.3 Å². The summed E-state index contributed by atoms with van der Waals surface area (Å²) in [6.45, 7) is 9.90. The Hall–Kier alpha value is -1.48. The van der Waals surface area contributed by atoms with Crippen LogP contribution in [0.5, 0.6) is 0 Å². The molecule has 2 aromatic rings. The van der Waals surface area contributed by atoms with E-state index in [1.807, 2.05) is 24.3 Å². The van der Waals surface area contributed by atoms with Gasteiger partial charge in [-0.1, -0.05) is 32.9 Å². The molecule has 1 heterocycles. The second-order valence-electron chi connectivity index (χ2n) is 6.23. The third-order valence-electron chi connectivity index (χ3n) is 3.72. The van der Waals surface area contributed by atoms with Crippen molar-refractivity contribution >= 4 is 11.0 Å². The Morgan fingerprint density at radius 3 is 2.38 bits per heavy atom. The molecule has 114 valence electrons. The number of hydrogen-bond acceptors (Lipinski definition) is 3. The molecule has 0 spiro atoms. The number of nitrogens with zero attached hydrogens (tertiary/aromatic N) is 2. The molecule has 21 heavy (non-hydrogen) atoms. The molecular formula is C18H27N3. The van der Waals surface area contributed by atoms with E-state index < -0.39 is 0 Å². The molecule has 1 unspecified atom stereocenters. The highest BCUT2D eigenvalue weighted by Crippen LogP contribution is 2.16. The van der Waals surface area contributed by atoms with Gasteiger partial charge in [0.2, 0.25) is 0 Å². The summed E-state index contributed by atoms with van der Waals surface area (Å²) in [6, 6.07) is 8.60. The molecule has 0 aliphatic heterocycles. The first-order chi connectivity index (χ1) is 10.1. The number of nitrogens with one attached hydrogen (secondary N) is 1. The fourth-order valence-corrected chi connectivity index (χ4v) is 2.71. The van der Waals surface area contributed by atoms with E-state index >= 15 is 0 Å². The molecule has 1 aromatic heterocycles. The van der Waals surface area contributed by atoms with E-state index in [0.717, 1.165) is 41.8 Å². The van der Waals surface area contributed by atoms with Crippen molar-refractivity contribution in [2.45, 2.75) is 53.0 Å². The second kappa shape index (κ2) is 7.51. The van der Waals surface area contributed by atoms with Gasteiger partial charge in [0, 0.05) is 12.5 Å². The summed E-state index contributed by atoms with van der Waals surface area (Å²) in [5.41, 5.74) is 4.17. The predicted molar refractivity (Wildman–Crippen MR) is 89.5 cm³/mol. The molecular weight excluding hydrogens is 258 g/mol. The maximum atomic E-state index is 4.83. The zero-order valence-corrected chi connectivity index (χ0v) is 13.7. The summed E-state index contributed by atoms with van der Waals surface area (Å²) < 4.78 is 0. The Bertz CT molecular complexity index is 578. The van der Waals surface area contributed by atoms with Crippen LogP contribution in [-0.4, -0.2) is 22.6 Å². The van der Waals surface area contributed by atoms with Crippen LogP contribution in [0, 0.1) is 12.8 Å². The topological polar surface area (TPSA) is 37.8 Å². The number of rotatable bonds is 7. The third kappa shape index (κ3) is 4.50. The molecule has 3 heteroatoms. The lowest BCUT2D eigenvalue weighted by Gasteiger charge is -2.21. The molecule has 1 N–H and O–H groups in total. The van der Waals surface area contributed by atoms with Gasteiger partial charge < -0.3 is 5.32 Å². The summed E-state index contributed by atoms with van der Waals surface area (Å²) in [6.07, 6.45) is 3.30. The lowest BCUT2D eigenvalue weighted by Crippen LogP contribution is -2.33. The van der Waals surface area contributed by atoms with E-state index in [1.54, 1.807) is 0 Å². The summed E-state index contributed by atoms with van der Waals surface area (Å²) in [4.78, 5) is 9.53. The van der Waals surface area contributed by atoms with Crippen LogP contribution in [0.25, 0.3) is 11.0 Å². The Labute approximate surface area is 128 Å². The van der Waals surface area contributed by atoms with Crippen LogP contribution in [0.2, 0.25) is 0 Å². The van der Waals surface area contributed by atoms with E-state index in [-0.39, 0.29) is 0 Å². The summed E-state index contributed by atoms with van der Waals surface area (Å²) in [5.74, 6) is 0.688. The molecule has 2 rings (SSSR count). The van der Waals surface area contributed by atoms with Crippen LogP contribution in [0.15, 0.2) is 24.3 Å². The molecule has 0 saturated carbocycles. The average Bonchev–Trinajstić information content (AvgIpc) is 2.45. The van der Waals surface area contributed by atoms with Crippen molar-refractivity contribution in [3.63, 3.8) is 0 Å².